The number of benzene rings is 1. The highest BCUT2D eigenvalue weighted by atomic mass is 32.1. The lowest BCUT2D eigenvalue weighted by atomic mass is 10.1. The summed E-state index contributed by atoms with van der Waals surface area (Å²) in [6.45, 7) is 0.477. The van der Waals surface area contributed by atoms with E-state index in [-0.39, 0.29) is 5.56 Å². The molecule has 4 aromatic rings. The molecular weight excluding hydrogens is 372 g/mol. The molecule has 0 unspecified atom stereocenters. The second-order valence-corrected chi connectivity index (χ2v) is 7.00. The van der Waals surface area contributed by atoms with Crippen LogP contribution in [0.5, 0.6) is 11.5 Å². The van der Waals surface area contributed by atoms with Crippen molar-refractivity contribution in [1.29, 1.82) is 0 Å². The second-order valence-electron chi connectivity index (χ2n) is 5.70. The van der Waals surface area contributed by atoms with E-state index in [1.54, 1.807) is 23.2 Å². The van der Waals surface area contributed by atoms with Gasteiger partial charge in [0.1, 0.15) is 4.70 Å². The Bertz CT molecular complexity index is 1220. The molecular formula is C17H16N4O3S2. The molecule has 1 aromatic carbocycles. The van der Waals surface area contributed by atoms with Crippen molar-refractivity contribution in [2.24, 2.45) is 0 Å². The highest BCUT2D eigenvalue weighted by Gasteiger charge is 2.14. The van der Waals surface area contributed by atoms with Crippen molar-refractivity contribution in [3.8, 4) is 11.5 Å². The molecule has 0 radical (unpaired) electrons. The van der Waals surface area contributed by atoms with Gasteiger partial charge in [-0.15, -0.1) is 16.4 Å². The topological polar surface area (TPSA) is 73.5 Å². The van der Waals surface area contributed by atoms with E-state index in [1.165, 1.54) is 11.3 Å². The number of hydrogen-bond acceptors (Lipinski definition) is 6. The zero-order valence-corrected chi connectivity index (χ0v) is 15.8. The van der Waals surface area contributed by atoms with Gasteiger partial charge in [0.2, 0.25) is 10.5 Å². The number of rotatable bonds is 5. The zero-order valence-electron chi connectivity index (χ0n) is 14.2. The van der Waals surface area contributed by atoms with Crippen molar-refractivity contribution in [2.75, 3.05) is 14.2 Å². The van der Waals surface area contributed by atoms with Crippen LogP contribution in [-0.4, -0.2) is 33.4 Å². The fraction of sp³-hybridized carbons (Fsp3) is 0.235. The number of nitrogens with one attached hydrogen (secondary N) is 1. The van der Waals surface area contributed by atoms with Crippen LogP contribution in [0.25, 0.3) is 16.0 Å². The Balaban J connectivity index is 1.77. The first-order chi connectivity index (χ1) is 12.6. The summed E-state index contributed by atoms with van der Waals surface area (Å²) in [5, 5.41) is 8.92. The Labute approximate surface area is 157 Å². The molecule has 3 aromatic heterocycles. The van der Waals surface area contributed by atoms with Gasteiger partial charge in [-0.1, -0.05) is 6.07 Å². The summed E-state index contributed by atoms with van der Waals surface area (Å²) < 4.78 is 15.2. The highest BCUT2D eigenvalue weighted by molar-refractivity contribution is 7.71. The number of fused-ring (bicyclic) bond motifs is 3. The molecule has 0 aliphatic rings. The standard InChI is InChI=1S/C17H16N4O3S2/c1-23-12-4-3-10(9-13(12)24-2)5-7-20-15(22)14-11(6-8-26-14)21-16(20)18-19-17(21)25/h3-4,6,8-9H,5,7H2,1-2H3,(H,19,25). The molecule has 0 aliphatic heterocycles. The number of aromatic amines is 1. The highest BCUT2D eigenvalue weighted by Crippen LogP contribution is 2.28. The maximum Gasteiger partial charge on any atom is 0.272 e. The SMILES string of the molecule is COc1ccc(CCn2c(=O)c3sccc3n3c(=S)[nH]nc23)cc1OC. The maximum atomic E-state index is 12.9. The van der Waals surface area contributed by atoms with Crippen LogP contribution in [0.2, 0.25) is 0 Å². The molecule has 9 heteroatoms. The lowest BCUT2D eigenvalue weighted by Crippen LogP contribution is -2.23. The van der Waals surface area contributed by atoms with E-state index in [0.29, 0.717) is 39.7 Å². The number of H-pyrrole nitrogens is 1. The van der Waals surface area contributed by atoms with Crippen LogP contribution >= 0.6 is 23.6 Å². The molecule has 0 spiro atoms. The van der Waals surface area contributed by atoms with Gasteiger partial charge in [-0.3, -0.25) is 13.8 Å². The van der Waals surface area contributed by atoms with Gasteiger partial charge in [-0.2, -0.15) is 0 Å². The number of hydrogen-bond donors (Lipinski definition) is 1. The van der Waals surface area contributed by atoms with Crippen LogP contribution in [0.15, 0.2) is 34.4 Å². The van der Waals surface area contributed by atoms with E-state index in [2.05, 4.69) is 10.2 Å². The van der Waals surface area contributed by atoms with Crippen LogP contribution in [0.3, 0.4) is 0 Å². The van der Waals surface area contributed by atoms with E-state index >= 15 is 0 Å². The molecule has 7 nitrogen and oxygen atoms in total. The summed E-state index contributed by atoms with van der Waals surface area (Å²) in [4.78, 5) is 12.9. The zero-order chi connectivity index (χ0) is 18.3. The summed E-state index contributed by atoms with van der Waals surface area (Å²) in [5.74, 6) is 1.86. The molecule has 0 aliphatic carbocycles. The van der Waals surface area contributed by atoms with Gasteiger partial charge in [0.05, 0.1) is 19.7 Å². The third-order valence-corrected chi connectivity index (χ3v) is 5.46. The summed E-state index contributed by atoms with van der Waals surface area (Å²) in [6.07, 6.45) is 0.645. The van der Waals surface area contributed by atoms with E-state index in [4.69, 9.17) is 21.7 Å². The normalized spacial score (nSPS) is 11.3. The van der Waals surface area contributed by atoms with Crippen LogP contribution < -0.4 is 15.0 Å². The number of aromatic nitrogens is 4. The largest absolute Gasteiger partial charge is 0.493 e. The van der Waals surface area contributed by atoms with Crippen molar-refractivity contribution in [3.63, 3.8) is 0 Å². The lowest BCUT2D eigenvalue weighted by Gasteiger charge is -2.11. The average molecular weight is 388 g/mol. The minimum Gasteiger partial charge on any atom is -0.493 e. The van der Waals surface area contributed by atoms with Crippen LogP contribution in [0.4, 0.5) is 0 Å². The van der Waals surface area contributed by atoms with Crippen molar-refractivity contribution < 1.29 is 9.47 Å². The van der Waals surface area contributed by atoms with Crippen LogP contribution in [0, 0.1) is 4.77 Å². The maximum absolute atomic E-state index is 12.9. The number of ether oxygens (including phenoxy) is 2. The molecule has 0 saturated carbocycles. The van der Waals surface area contributed by atoms with Crippen LogP contribution in [0.1, 0.15) is 5.56 Å². The number of aryl methyl sites for hydroxylation is 2. The fourth-order valence-corrected chi connectivity index (χ4v) is 4.07. The first kappa shape index (κ1) is 16.8. The molecule has 134 valence electrons. The van der Waals surface area contributed by atoms with Gasteiger partial charge in [0, 0.05) is 6.54 Å². The van der Waals surface area contributed by atoms with Crippen molar-refractivity contribution in [2.45, 2.75) is 13.0 Å². The van der Waals surface area contributed by atoms with Crippen LogP contribution in [-0.2, 0) is 13.0 Å². The number of methoxy groups -OCH3 is 2. The molecule has 0 amide bonds. The third kappa shape index (κ3) is 2.60. The minimum absolute atomic E-state index is 0.0584. The Hall–Kier alpha value is -2.65. The number of nitrogens with zero attached hydrogens (tertiary/aromatic N) is 3. The van der Waals surface area contributed by atoms with E-state index in [0.717, 1.165) is 11.1 Å². The minimum atomic E-state index is -0.0584. The molecule has 26 heavy (non-hydrogen) atoms. The molecule has 0 fully saturated rings. The summed E-state index contributed by atoms with van der Waals surface area (Å²) in [7, 11) is 3.21. The van der Waals surface area contributed by atoms with Gasteiger partial charge in [0.25, 0.3) is 5.56 Å². The quantitative estimate of drug-likeness (QED) is 0.532. The summed E-state index contributed by atoms with van der Waals surface area (Å²) >= 11 is 6.73. The molecule has 0 bridgehead atoms. The van der Waals surface area contributed by atoms with Gasteiger partial charge in [0.15, 0.2) is 11.5 Å². The molecule has 4 rings (SSSR count). The van der Waals surface area contributed by atoms with E-state index in [1.807, 2.05) is 29.6 Å². The third-order valence-electron chi connectivity index (χ3n) is 4.29. The Morgan fingerprint density at radius 1 is 1.23 bits per heavy atom. The van der Waals surface area contributed by atoms with E-state index in [9.17, 15) is 4.79 Å². The monoisotopic (exact) mass is 388 g/mol. The van der Waals surface area contributed by atoms with Gasteiger partial charge in [-0.05, 0) is 47.8 Å². The van der Waals surface area contributed by atoms with Gasteiger partial charge < -0.3 is 9.47 Å². The summed E-state index contributed by atoms with van der Waals surface area (Å²) in [6, 6.07) is 7.63. The number of thiophene rings is 1. The Morgan fingerprint density at radius 3 is 2.81 bits per heavy atom. The first-order valence-corrected chi connectivity index (χ1v) is 9.21. The second kappa shape index (κ2) is 6.58. The predicted molar refractivity (Wildman–Crippen MR) is 103 cm³/mol. The van der Waals surface area contributed by atoms with Crippen molar-refractivity contribution in [1.82, 2.24) is 19.2 Å². The molecule has 1 N–H and O–H groups in total. The van der Waals surface area contributed by atoms with E-state index < -0.39 is 0 Å². The fourth-order valence-electron chi connectivity index (χ4n) is 3.02. The first-order valence-electron chi connectivity index (χ1n) is 7.92. The van der Waals surface area contributed by atoms with Crippen molar-refractivity contribution in [3.05, 3.63) is 50.3 Å². The predicted octanol–water partition coefficient (Wildman–Crippen LogP) is 3.03. The van der Waals surface area contributed by atoms with Gasteiger partial charge >= 0.3 is 0 Å². The van der Waals surface area contributed by atoms with Crippen molar-refractivity contribution >= 4 is 39.5 Å². The lowest BCUT2D eigenvalue weighted by molar-refractivity contribution is 0.354. The molecule has 3 heterocycles. The molecule has 0 atom stereocenters. The Kier molecular flexibility index (Phi) is 4.25. The average Bonchev–Trinajstić information content (AvgIpc) is 3.28. The summed E-state index contributed by atoms with van der Waals surface area (Å²) in [5.41, 5.74) is 1.77. The smallest absolute Gasteiger partial charge is 0.272 e. The molecule has 0 saturated heterocycles. The Morgan fingerprint density at radius 2 is 2.04 bits per heavy atom. The van der Waals surface area contributed by atoms with Gasteiger partial charge in [-0.25, -0.2) is 5.10 Å².